The van der Waals surface area contributed by atoms with E-state index < -0.39 is 7.60 Å². The lowest BCUT2D eigenvalue weighted by atomic mass is 10.1. The Morgan fingerprint density at radius 3 is 2.48 bits per heavy atom. The first-order valence-electron chi connectivity index (χ1n) is 7.74. The largest absolute Gasteiger partial charge is 0.429 e. The van der Waals surface area contributed by atoms with E-state index in [-0.39, 0.29) is 6.16 Å². The molecule has 0 saturated heterocycles. The van der Waals surface area contributed by atoms with Crippen molar-refractivity contribution in [3.8, 4) is 0 Å². The van der Waals surface area contributed by atoms with Gasteiger partial charge in [0.25, 0.3) is 0 Å². The second-order valence-corrected chi connectivity index (χ2v) is 7.09. The summed E-state index contributed by atoms with van der Waals surface area (Å²) in [4.78, 5) is 0. The van der Waals surface area contributed by atoms with Crippen LogP contribution in [0, 0.1) is 0 Å². The van der Waals surface area contributed by atoms with Crippen molar-refractivity contribution in [3.05, 3.63) is 48.2 Å². The Labute approximate surface area is 128 Å². The van der Waals surface area contributed by atoms with Gasteiger partial charge < -0.3 is 4.52 Å². The lowest BCUT2D eigenvalue weighted by Crippen LogP contribution is -1.99. The predicted octanol–water partition coefficient (Wildman–Crippen LogP) is 5.92. The van der Waals surface area contributed by atoms with Crippen LogP contribution >= 0.6 is 7.60 Å². The summed E-state index contributed by atoms with van der Waals surface area (Å²) in [7, 11) is -3.15. The molecular formula is C17H27O3P. The van der Waals surface area contributed by atoms with Crippen molar-refractivity contribution in [2.45, 2.75) is 52.1 Å². The first kappa shape index (κ1) is 18.0. The molecule has 0 fully saturated rings. The highest BCUT2D eigenvalue weighted by Gasteiger charge is 2.26. The highest BCUT2D eigenvalue weighted by atomic mass is 31.2. The van der Waals surface area contributed by atoms with Crippen LogP contribution in [0.5, 0.6) is 0 Å². The molecule has 0 radical (unpaired) electrons. The summed E-state index contributed by atoms with van der Waals surface area (Å²) in [5.74, 6) is 0.568. The van der Waals surface area contributed by atoms with Crippen LogP contribution in [0.25, 0.3) is 0 Å². The summed E-state index contributed by atoms with van der Waals surface area (Å²) in [6, 6.07) is 9.64. The third kappa shape index (κ3) is 7.50. The fraction of sp³-hybridized carbons (Fsp3) is 0.529. The first-order chi connectivity index (χ1) is 10.1. The molecular weight excluding hydrogens is 283 g/mol. The molecule has 118 valence electrons. The van der Waals surface area contributed by atoms with Gasteiger partial charge in [0.15, 0.2) is 0 Å². The Hall–Kier alpha value is -1.05. The number of hydrogen-bond donors (Lipinski definition) is 0. The average molecular weight is 310 g/mol. The molecule has 0 aliphatic heterocycles. The smallest absolute Gasteiger partial charge is 0.383 e. The van der Waals surface area contributed by atoms with Gasteiger partial charge in [-0.25, -0.2) is 4.57 Å². The monoisotopic (exact) mass is 310 g/mol. The van der Waals surface area contributed by atoms with Gasteiger partial charge in [0.05, 0.1) is 18.5 Å². The second kappa shape index (κ2) is 9.81. The molecule has 0 heterocycles. The maximum atomic E-state index is 12.8. The van der Waals surface area contributed by atoms with Gasteiger partial charge in [-0.1, -0.05) is 63.1 Å². The van der Waals surface area contributed by atoms with E-state index in [2.05, 4.69) is 13.5 Å². The standard InChI is InChI=1S/C17H27O3P/c1-4-6-7-9-12-16(3)20-21(18,19-5-2)15-17-13-10-8-11-14-17/h8,10-11,13-14H,3-7,9,12,15H2,1-2H3. The van der Waals surface area contributed by atoms with Gasteiger partial charge in [-0.3, -0.25) is 4.52 Å². The lowest BCUT2D eigenvalue weighted by molar-refractivity contribution is 0.244. The fourth-order valence-corrected chi connectivity index (χ4v) is 3.84. The molecule has 1 aromatic rings. The van der Waals surface area contributed by atoms with Gasteiger partial charge in [0.1, 0.15) is 0 Å². The topological polar surface area (TPSA) is 35.5 Å². The Bertz CT molecular complexity index is 456. The number of unbranched alkanes of at least 4 members (excludes halogenated alkanes) is 3. The Morgan fingerprint density at radius 1 is 1.14 bits per heavy atom. The zero-order valence-electron chi connectivity index (χ0n) is 13.2. The van der Waals surface area contributed by atoms with Crippen LogP contribution < -0.4 is 0 Å². The van der Waals surface area contributed by atoms with Gasteiger partial charge in [-0.2, -0.15) is 0 Å². The zero-order chi connectivity index (χ0) is 15.6. The van der Waals surface area contributed by atoms with E-state index in [0.29, 0.717) is 12.4 Å². The Kier molecular flexibility index (Phi) is 8.41. The molecule has 1 rings (SSSR count). The number of benzene rings is 1. The SMILES string of the molecule is C=C(CCCCCC)OP(=O)(Cc1ccccc1)OCC. The summed E-state index contributed by atoms with van der Waals surface area (Å²) in [6.45, 7) is 8.25. The Morgan fingerprint density at radius 2 is 1.86 bits per heavy atom. The highest BCUT2D eigenvalue weighted by Crippen LogP contribution is 2.53. The van der Waals surface area contributed by atoms with E-state index in [4.69, 9.17) is 9.05 Å². The minimum absolute atomic E-state index is 0.287. The maximum absolute atomic E-state index is 12.8. The van der Waals surface area contributed by atoms with Gasteiger partial charge in [-0.05, 0) is 18.9 Å². The molecule has 0 amide bonds. The van der Waals surface area contributed by atoms with Crippen molar-refractivity contribution >= 4 is 7.60 Å². The summed E-state index contributed by atoms with van der Waals surface area (Å²) in [5.41, 5.74) is 0.952. The fourth-order valence-electron chi connectivity index (χ4n) is 2.10. The molecule has 0 N–H and O–H groups in total. The quantitative estimate of drug-likeness (QED) is 0.289. The van der Waals surface area contributed by atoms with Crippen LogP contribution in [0.1, 0.15) is 51.5 Å². The number of hydrogen-bond acceptors (Lipinski definition) is 3. The second-order valence-electron chi connectivity index (χ2n) is 5.11. The van der Waals surface area contributed by atoms with Crippen LogP contribution in [-0.2, 0) is 19.8 Å². The molecule has 0 aliphatic rings. The third-order valence-corrected chi connectivity index (χ3v) is 5.06. The van der Waals surface area contributed by atoms with Crippen molar-refractivity contribution in [2.75, 3.05) is 6.61 Å². The lowest BCUT2D eigenvalue weighted by Gasteiger charge is -2.20. The summed E-state index contributed by atoms with van der Waals surface area (Å²) < 4.78 is 23.8. The molecule has 1 aromatic carbocycles. The summed E-state index contributed by atoms with van der Waals surface area (Å²) in [5, 5.41) is 0. The normalized spacial score (nSPS) is 13.6. The van der Waals surface area contributed by atoms with Crippen LogP contribution in [0.4, 0.5) is 0 Å². The molecule has 0 saturated carbocycles. The molecule has 1 atom stereocenters. The van der Waals surface area contributed by atoms with Gasteiger partial charge in [-0.15, -0.1) is 0 Å². The molecule has 4 heteroatoms. The maximum Gasteiger partial charge on any atom is 0.383 e. The molecule has 0 spiro atoms. The van der Waals surface area contributed by atoms with Crippen molar-refractivity contribution in [1.29, 1.82) is 0 Å². The molecule has 0 aliphatic carbocycles. The van der Waals surface area contributed by atoms with E-state index in [1.807, 2.05) is 37.3 Å². The minimum Gasteiger partial charge on any atom is -0.429 e. The van der Waals surface area contributed by atoms with Gasteiger partial charge in [0, 0.05) is 6.42 Å². The zero-order valence-corrected chi connectivity index (χ0v) is 14.1. The van der Waals surface area contributed by atoms with E-state index in [0.717, 1.165) is 24.8 Å². The highest BCUT2D eigenvalue weighted by molar-refractivity contribution is 7.53. The van der Waals surface area contributed by atoms with Gasteiger partial charge in [0.2, 0.25) is 0 Å². The van der Waals surface area contributed by atoms with E-state index in [9.17, 15) is 4.57 Å². The molecule has 3 nitrogen and oxygen atoms in total. The summed E-state index contributed by atoms with van der Waals surface area (Å²) >= 11 is 0. The van der Waals surface area contributed by atoms with Crippen molar-refractivity contribution in [1.82, 2.24) is 0 Å². The van der Waals surface area contributed by atoms with Crippen LogP contribution in [-0.4, -0.2) is 6.61 Å². The first-order valence-corrected chi connectivity index (χ1v) is 9.47. The van der Waals surface area contributed by atoms with Crippen LogP contribution in [0.2, 0.25) is 0 Å². The van der Waals surface area contributed by atoms with Crippen molar-refractivity contribution < 1.29 is 13.6 Å². The predicted molar refractivity (Wildman–Crippen MR) is 88.4 cm³/mol. The Balaban J connectivity index is 2.55. The number of allylic oxidation sites excluding steroid dienone is 1. The minimum atomic E-state index is -3.15. The third-order valence-electron chi connectivity index (χ3n) is 3.12. The van der Waals surface area contributed by atoms with Gasteiger partial charge >= 0.3 is 7.60 Å². The van der Waals surface area contributed by atoms with Crippen molar-refractivity contribution in [3.63, 3.8) is 0 Å². The van der Waals surface area contributed by atoms with E-state index in [1.54, 1.807) is 0 Å². The van der Waals surface area contributed by atoms with E-state index in [1.165, 1.54) is 12.8 Å². The van der Waals surface area contributed by atoms with E-state index >= 15 is 0 Å². The molecule has 0 aromatic heterocycles. The average Bonchev–Trinajstić information content (AvgIpc) is 2.44. The molecule has 0 bridgehead atoms. The van der Waals surface area contributed by atoms with Crippen molar-refractivity contribution in [2.24, 2.45) is 0 Å². The molecule has 21 heavy (non-hydrogen) atoms. The van der Waals surface area contributed by atoms with Crippen LogP contribution in [0.3, 0.4) is 0 Å². The summed E-state index contributed by atoms with van der Waals surface area (Å²) in [6.07, 6.45) is 5.60. The number of rotatable bonds is 11. The molecule has 1 unspecified atom stereocenters. The van der Waals surface area contributed by atoms with Crippen LogP contribution in [0.15, 0.2) is 42.7 Å².